The van der Waals surface area contributed by atoms with Gasteiger partial charge in [0.05, 0.1) is 12.1 Å². The Morgan fingerprint density at radius 2 is 2.29 bits per heavy atom. The monoisotopic (exact) mass is 195 g/mol. The van der Waals surface area contributed by atoms with Crippen molar-refractivity contribution in [2.45, 2.75) is 37.8 Å². The van der Waals surface area contributed by atoms with Gasteiger partial charge < -0.3 is 10.0 Å². The van der Waals surface area contributed by atoms with Gasteiger partial charge in [0.2, 0.25) is 5.91 Å². The van der Waals surface area contributed by atoms with Crippen molar-refractivity contribution in [3.05, 3.63) is 12.7 Å². The third-order valence-electron chi connectivity index (χ3n) is 3.37. The molecule has 1 saturated carbocycles. The molecule has 0 aromatic heterocycles. The molecule has 2 aliphatic rings. The van der Waals surface area contributed by atoms with E-state index in [9.17, 15) is 9.90 Å². The van der Waals surface area contributed by atoms with Crippen molar-refractivity contribution in [1.82, 2.24) is 4.90 Å². The van der Waals surface area contributed by atoms with Gasteiger partial charge in [-0.2, -0.15) is 0 Å². The Bertz CT molecular complexity index is 252. The maximum Gasteiger partial charge on any atom is 0.223 e. The molecule has 2 fully saturated rings. The molecule has 1 aliphatic carbocycles. The van der Waals surface area contributed by atoms with E-state index in [1.54, 1.807) is 0 Å². The van der Waals surface area contributed by atoms with Gasteiger partial charge >= 0.3 is 0 Å². The summed E-state index contributed by atoms with van der Waals surface area (Å²) in [7, 11) is 0. The van der Waals surface area contributed by atoms with E-state index < -0.39 is 0 Å². The van der Waals surface area contributed by atoms with Crippen molar-refractivity contribution in [1.29, 1.82) is 0 Å². The van der Waals surface area contributed by atoms with Gasteiger partial charge in [-0.05, 0) is 19.3 Å². The first kappa shape index (κ1) is 9.71. The van der Waals surface area contributed by atoms with Crippen LogP contribution in [-0.4, -0.2) is 34.6 Å². The highest BCUT2D eigenvalue weighted by Crippen LogP contribution is 2.29. The first-order valence-electron chi connectivity index (χ1n) is 5.32. The Balaban J connectivity index is 2.04. The van der Waals surface area contributed by atoms with Crippen LogP contribution in [-0.2, 0) is 4.79 Å². The van der Waals surface area contributed by atoms with E-state index in [2.05, 4.69) is 6.58 Å². The minimum atomic E-state index is -0.303. The zero-order valence-corrected chi connectivity index (χ0v) is 8.35. The predicted octanol–water partition coefficient (Wildman–Crippen LogP) is 0.934. The predicted molar refractivity (Wildman–Crippen MR) is 53.7 cm³/mol. The molecule has 0 aromatic carbocycles. The van der Waals surface area contributed by atoms with Crippen LogP contribution in [0.25, 0.3) is 0 Å². The van der Waals surface area contributed by atoms with E-state index in [0.29, 0.717) is 6.42 Å². The van der Waals surface area contributed by atoms with Crippen LogP contribution < -0.4 is 0 Å². The average Bonchev–Trinajstić information content (AvgIpc) is 2.72. The molecule has 0 radical (unpaired) electrons. The molecule has 3 atom stereocenters. The van der Waals surface area contributed by atoms with Gasteiger partial charge in [0.25, 0.3) is 0 Å². The zero-order valence-electron chi connectivity index (χ0n) is 8.35. The SMILES string of the molecule is C=CC1CC(=O)N(C2CCCC2O)C1. The van der Waals surface area contributed by atoms with Crippen LogP contribution in [0.1, 0.15) is 25.7 Å². The van der Waals surface area contributed by atoms with Crippen LogP contribution in [0.5, 0.6) is 0 Å². The molecule has 1 heterocycles. The van der Waals surface area contributed by atoms with Gasteiger partial charge in [-0.25, -0.2) is 0 Å². The van der Waals surface area contributed by atoms with Gasteiger partial charge in [0.1, 0.15) is 0 Å². The lowest BCUT2D eigenvalue weighted by Gasteiger charge is -2.26. The number of rotatable bonds is 2. The number of carbonyl (C=O) groups excluding carboxylic acids is 1. The minimum absolute atomic E-state index is 0.0763. The number of likely N-dealkylation sites (tertiary alicyclic amines) is 1. The summed E-state index contributed by atoms with van der Waals surface area (Å²) in [5.41, 5.74) is 0. The summed E-state index contributed by atoms with van der Waals surface area (Å²) in [6.45, 7) is 4.47. The zero-order chi connectivity index (χ0) is 10.1. The number of aliphatic hydroxyl groups excluding tert-OH is 1. The lowest BCUT2D eigenvalue weighted by atomic mass is 10.1. The Hall–Kier alpha value is -0.830. The van der Waals surface area contributed by atoms with Crippen molar-refractivity contribution in [3.8, 4) is 0 Å². The van der Waals surface area contributed by atoms with Crippen molar-refractivity contribution >= 4 is 5.91 Å². The summed E-state index contributed by atoms with van der Waals surface area (Å²) < 4.78 is 0. The number of hydrogen-bond donors (Lipinski definition) is 1. The number of carbonyl (C=O) groups is 1. The van der Waals surface area contributed by atoms with Crippen molar-refractivity contribution in [2.75, 3.05) is 6.54 Å². The van der Waals surface area contributed by atoms with Crippen LogP contribution in [0.2, 0.25) is 0 Å². The number of nitrogens with zero attached hydrogens (tertiary/aromatic N) is 1. The summed E-state index contributed by atoms with van der Waals surface area (Å²) in [6.07, 6.45) is 4.95. The molecule has 1 amide bonds. The van der Waals surface area contributed by atoms with Gasteiger partial charge in [-0.3, -0.25) is 4.79 Å². The minimum Gasteiger partial charge on any atom is -0.391 e. The molecule has 2 rings (SSSR count). The number of hydrogen-bond acceptors (Lipinski definition) is 2. The maximum absolute atomic E-state index is 11.6. The molecule has 78 valence electrons. The fraction of sp³-hybridized carbons (Fsp3) is 0.727. The summed E-state index contributed by atoms with van der Waals surface area (Å²) in [6, 6.07) is 0.0763. The Kier molecular flexibility index (Phi) is 2.59. The third kappa shape index (κ3) is 1.57. The standard InChI is InChI=1S/C11H17NO2/c1-2-8-6-11(14)12(7-8)9-4-3-5-10(9)13/h2,8-10,13H,1,3-7H2. The molecule has 3 heteroatoms. The maximum atomic E-state index is 11.6. The van der Waals surface area contributed by atoms with Crippen LogP contribution in [0.4, 0.5) is 0 Å². The van der Waals surface area contributed by atoms with Crippen molar-refractivity contribution in [3.63, 3.8) is 0 Å². The van der Waals surface area contributed by atoms with Gasteiger partial charge in [0, 0.05) is 18.9 Å². The van der Waals surface area contributed by atoms with E-state index >= 15 is 0 Å². The molecular formula is C11H17NO2. The first-order valence-corrected chi connectivity index (χ1v) is 5.32. The molecule has 3 unspecified atom stereocenters. The highest BCUT2D eigenvalue weighted by molar-refractivity contribution is 5.79. The van der Waals surface area contributed by atoms with Gasteiger partial charge in [-0.15, -0.1) is 6.58 Å². The van der Waals surface area contributed by atoms with Gasteiger partial charge in [0.15, 0.2) is 0 Å². The Morgan fingerprint density at radius 3 is 2.79 bits per heavy atom. The summed E-state index contributed by atoms with van der Waals surface area (Å²) in [5.74, 6) is 0.469. The molecular weight excluding hydrogens is 178 g/mol. The lowest BCUT2D eigenvalue weighted by Crippen LogP contribution is -2.41. The average molecular weight is 195 g/mol. The molecule has 1 N–H and O–H groups in total. The van der Waals surface area contributed by atoms with E-state index in [-0.39, 0.29) is 24.0 Å². The highest BCUT2D eigenvalue weighted by Gasteiger charge is 2.38. The summed E-state index contributed by atoms with van der Waals surface area (Å²) in [4.78, 5) is 13.5. The second-order valence-corrected chi connectivity index (χ2v) is 4.31. The molecule has 1 saturated heterocycles. The first-order chi connectivity index (χ1) is 6.72. The molecule has 14 heavy (non-hydrogen) atoms. The van der Waals surface area contributed by atoms with Crippen LogP contribution >= 0.6 is 0 Å². The highest BCUT2D eigenvalue weighted by atomic mass is 16.3. The third-order valence-corrected chi connectivity index (χ3v) is 3.37. The molecule has 1 aliphatic heterocycles. The summed E-state index contributed by atoms with van der Waals surface area (Å²) in [5, 5.41) is 9.71. The van der Waals surface area contributed by atoms with Gasteiger partial charge in [-0.1, -0.05) is 6.08 Å². The van der Waals surface area contributed by atoms with Crippen molar-refractivity contribution in [2.24, 2.45) is 5.92 Å². The molecule has 0 bridgehead atoms. The largest absolute Gasteiger partial charge is 0.391 e. The lowest BCUT2D eigenvalue weighted by molar-refractivity contribution is -0.131. The quantitative estimate of drug-likeness (QED) is 0.666. The number of aliphatic hydroxyl groups is 1. The van der Waals surface area contributed by atoms with Crippen LogP contribution in [0.15, 0.2) is 12.7 Å². The fourth-order valence-electron chi connectivity index (χ4n) is 2.52. The van der Waals surface area contributed by atoms with Crippen LogP contribution in [0, 0.1) is 5.92 Å². The number of amides is 1. The Morgan fingerprint density at radius 1 is 1.50 bits per heavy atom. The van der Waals surface area contributed by atoms with E-state index in [1.165, 1.54) is 0 Å². The van der Waals surface area contributed by atoms with E-state index in [4.69, 9.17) is 0 Å². The van der Waals surface area contributed by atoms with Crippen molar-refractivity contribution < 1.29 is 9.90 Å². The normalized spacial score (nSPS) is 37.9. The second kappa shape index (κ2) is 3.73. The summed E-state index contributed by atoms with van der Waals surface area (Å²) >= 11 is 0. The fourth-order valence-corrected chi connectivity index (χ4v) is 2.52. The second-order valence-electron chi connectivity index (χ2n) is 4.31. The Labute approximate surface area is 84.4 Å². The molecule has 0 spiro atoms. The molecule has 3 nitrogen and oxygen atoms in total. The van der Waals surface area contributed by atoms with E-state index in [0.717, 1.165) is 25.8 Å². The van der Waals surface area contributed by atoms with Crippen LogP contribution in [0.3, 0.4) is 0 Å². The smallest absolute Gasteiger partial charge is 0.223 e. The molecule has 0 aromatic rings. The van der Waals surface area contributed by atoms with E-state index in [1.807, 2.05) is 11.0 Å². The topological polar surface area (TPSA) is 40.5 Å².